The van der Waals surface area contributed by atoms with Crippen LogP contribution >= 0.6 is 0 Å². The van der Waals surface area contributed by atoms with E-state index in [2.05, 4.69) is 34.8 Å². The molecule has 8 nitrogen and oxygen atoms in total. The summed E-state index contributed by atoms with van der Waals surface area (Å²) in [5.74, 6) is -0.450. The summed E-state index contributed by atoms with van der Waals surface area (Å²) in [5.41, 5.74) is -1.40. The molecule has 0 saturated heterocycles. The lowest BCUT2D eigenvalue weighted by Crippen LogP contribution is -2.34. The van der Waals surface area contributed by atoms with Gasteiger partial charge in [0.15, 0.2) is 0 Å². The number of ether oxygens (including phenoxy) is 3. The monoisotopic (exact) mass is 527 g/mol. The van der Waals surface area contributed by atoms with Crippen molar-refractivity contribution >= 4 is 19.7 Å². The molecule has 0 aliphatic heterocycles. The number of esters is 1. The Kier molecular flexibility index (Phi) is 8.96. The molecule has 1 heterocycles. The van der Waals surface area contributed by atoms with Gasteiger partial charge in [0.1, 0.15) is 12.3 Å². The molecular formula is C24H32F3N3O5Si. The number of nitrogens with zero attached hydrogens (tertiary/aromatic N) is 2. The number of methoxy groups -OCH3 is 1. The van der Waals surface area contributed by atoms with Crippen molar-refractivity contribution in [2.24, 2.45) is 0 Å². The van der Waals surface area contributed by atoms with Gasteiger partial charge in [0.2, 0.25) is 0 Å². The Morgan fingerprint density at radius 1 is 1.22 bits per heavy atom. The van der Waals surface area contributed by atoms with Crippen molar-refractivity contribution in [1.82, 2.24) is 9.78 Å². The third kappa shape index (κ3) is 7.17. The van der Waals surface area contributed by atoms with Gasteiger partial charge < -0.3 is 19.5 Å². The molecule has 0 fully saturated rings. The molecule has 1 N–H and O–H groups in total. The number of hydrogen-bond acceptors (Lipinski definition) is 7. The molecule has 12 heteroatoms. The predicted octanol–water partition coefficient (Wildman–Crippen LogP) is 4.23. The third-order valence-corrected chi connectivity index (χ3v) is 7.60. The van der Waals surface area contributed by atoms with E-state index >= 15 is 0 Å². The first kappa shape index (κ1) is 27.9. The molecule has 0 bridgehead atoms. The Labute approximate surface area is 208 Å². The largest absolute Gasteiger partial charge is 0.469 e. The zero-order valence-corrected chi connectivity index (χ0v) is 21.9. The molecule has 2 unspecified atom stereocenters. The highest BCUT2D eigenvalue weighted by molar-refractivity contribution is 6.76. The van der Waals surface area contributed by atoms with Crippen LogP contribution in [0.25, 0.3) is 0 Å². The van der Waals surface area contributed by atoms with E-state index in [0.29, 0.717) is 17.7 Å². The number of carbonyl (C=O) groups is 1. The molecule has 198 valence electrons. The van der Waals surface area contributed by atoms with Gasteiger partial charge in [-0.3, -0.25) is 9.59 Å². The van der Waals surface area contributed by atoms with Crippen molar-refractivity contribution in [3.63, 3.8) is 0 Å². The summed E-state index contributed by atoms with van der Waals surface area (Å²) in [7, 11) is -0.127. The topological polar surface area (TPSA) is 91.7 Å². The minimum absolute atomic E-state index is 0.0131. The second-order valence-corrected chi connectivity index (χ2v) is 15.5. The molecule has 1 aromatic heterocycles. The zero-order valence-electron chi connectivity index (χ0n) is 20.9. The first-order valence-electron chi connectivity index (χ1n) is 11.7. The van der Waals surface area contributed by atoms with Crippen LogP contribution in [0.5, 0.6) is 0 Å². The van der Waals surface area contributed by atoms with E-state index in [0.717, 1.165) is 23.4 Å². The molecule has 0 spiro atoms. The Balaban J connectivity index is 1.84. The van der Waals surface area contributed by atoms with Crippen LogP contribution in [0.15, 0.2) is 35.3 Å². The number of nitrogens with one attached hydrogen (secondary N) is 1. The van der Waals surface area contributed by atoms with Crippen LogP contribution in [0.4, 0.5) is 18.9 Å². The van der Waals surface area contributed by atoms with E-state index in [9.17, 15) is 22.8 Å². The van der Waals surface area contributed by atoms with Gasteiger partial charge in [-0.1, -0.05) is 43.9 Å². The summed E-state index contributed by atoms with van der Waals surface area (Å²) in [6.45, 7) is 6.47. The van der Waals surface area contributed by atoms with E-state index in [1.54, 1.807) is 12.1 Å². The van der Waals surface area contributed by atoms with Gasteiger partial charge in [-0.05, 0) is 17.2 Å². The van der Waals surface area contributed by atoms with Gasteiger partial charge in [0.05, 0.1) is 44.2 Å². The fourth-order valence-corrected chi connectivity index (χ4v) is 4.70. The van der Waals surface area contributed by atoms with Gasteiger partial charge in [0, 0.05) is 21.1 Å². The second kappa shape index (κ2) is 11.6. The number of hydrogen-bond donors (Lipinski definition) is 1. The molecule has 36 heavy (non-hydrogen) atoms. The molecule has 2 aromatic rings. The van der Waals surface area contributed by atoms with Crippen LogP contribution < -0.4 is 10.9 Å². The van der Waals surface area contributed by atoms with Gasteiger partial charge in [-0.15, -0.1) is 0 Å². The van der Waals surface area contributed by atoms with E-state index in [4.69, 9.17) is 9.47 Å². The maximum atomic E-state index is 14.0. The number of anilines is 1. The number of alkyl halides is 3. The lowest BCUT2D eigenvalue weighted by Gasteiger charge is -2.25. The fourth-order valence-electron chi connectivity index (χ4n) is 3.94. The number of fused-ring (bicyclic) bond motifs is 1. The Morgan fingerprint density at radius 2 is 1.94 bits per heavy atom. The van der Waals surface area contributed by atoms with E-state index in [1.165, 1.54) is 7.11 Å². The maximum absolute atomic E-state index is 14.0. The Bertz CT molecular complexity index is 1120. The summed E-state index contributed by atoms with van der Waals surface area (Å²) in [5, 5.41) is 6.79. The number of halogens is 3. The van der Waals surface area contributed by atoms with Crippen LogP contribution in [0.3, 0.4) is 0 Å². The lowest BCUT2D eigenvalue weighted by atomic mass is 10.1. The van der Waals surface area contributed by atoms with Gasteiger partial charge in [-0.25, -0.2) is 4.68 Å². The average molecular weight is 528 g/mol. The molecule has 0 saturated carbocycles. The third-order valence-electron chi connectivity index (χ3n) is 5.90. The number of carbonyl (C=O) groups excluding carboxylic acids is 1. The minimum atomic E-state index is -4.91. The fraction of sp³-hybridized carbons (Fsp3) is 0.542. The summed E-state index contributed by atoms with van der Waals surface area (Å²) in [6, 6.07) is 7.41. The molecule has 3 rings (SSSR count). The van der Waals surface area contributed by atoms with Crippen molar-refractivity contribution in [2.45, 2.75) is 63.6 Å². The van der Waals surface area contributed by atoms with Gasteiger partial charge >= 0.3 is 12.1 Å². The van der Waals surface area contributed by atoms with Crippen LogP contribution in [0, 0.1) is 0 Å². The van der Waals surface area contributed by atoms with Gasteiger partial charge in [0.25, 0.3) is 5.56 Å². The minimum Gasteiger partial charge on any atom is -0.469 e. The summed E-state index contributed by atoms with van der Waals surface area (Å²) >= 11 is 0. The van der Waals surface area contributed by atoms with Crippen LogP contribution in [-0.2, 0) is 38.3 Å². The van der Waals surface area contributed by atoms with Crippen molar-refractivity contribution in [3.8, 4) is 0 Å². The Hall–Kier alpha value is -2.70. The zero-order chi connectivity index (χ0) is 26.5. The first-order chi connectivity index (χ1) is 16.9. The molecular weight excluding hydrogens is 495 g/mol. The lowest BCUT2D eigenvalue weighted by molar-refractivity contribution is -0.142. The molecule has 0 radical (unpaired) electrons. The molecule has 2 atom stereocenters. The van der Waals surface area contributed by atoms with Crippen LogP contribution in [-0.4, -0.2) is 50.3 Å². The highest BCUT2D eigenvalue weighted by Crippen LogP contribution is 2.39. The van der Waals surface area contributed by atoms with Crippen molar-refractivity contribution in [3.05, 3.63) is 57.5 Å². The second-order valence-electron chi connectivity index (χ2n) is 9.84. The Morgan fingerprint density at radius 3 is 2.61 bits per heavy atom. The number of benzene rings is 1. The van der Waals surface area contributed by atoms with E-state index in [-0.39, 0.29) is 19.8 Å². The molecule has 1 aromatic carbocycles. The highest BCUT2D eigenvalue weighted by Gasteiger charge is 2.41. The quantitative estimate of drug-likeness (QED) is 0.266. The van der Waals surface area contributed by atoms with Crippen molar-refractivity contribution < 1.29 is 32.2 Å². The SMILES string of the molecule is COC(=O)CCOC1Cc2ccccc2C1Nc1cnn(COCC[Si](C)(C)C)c(=O)c1C(F)(F)F. The molecule has 1 aliphatic rings. The van der Waals surface area contributed by atoms with Crippen LogP contribution in [0.1, 0.15) is 29.2 Å². The number of rotatable bonds is 11. The first-order valence-corrected chi connectivity index (χ1v) is 15.4. The van der Waals surface area contributed by atoms with E-state index < -0.39 is 49.2 Å². The summed E-state index contributed by atoms with van der Waals surface area (Å²) in [6.07, 6.45) is -4.02. The highest BCUT2D eigenvalue weighted by atomic mass is 28.3. The predicted molar refractivity (Wildman–Crippen MR) is 130 cm³/mol. The van der Waals surface area contributed by atoms with Crippen molar-refractivity contribution in [2.75, 3.05) is 25.6 Å². The van der Waals surface area contributed by atoms with Gasteiger partial charge in [-0.2, -0.15) is 18.3 Å². The average Bonchev–Trinajstić information content (AvgIpc) is 3.13. The normalized spacial score (nSPS) is 17.6. The summed E-state index contributed by atoms with van der Waals surface area (Å²) in [4.78, 5) is 24.2. The van der Waals surface area contributed by atoms with Crippen LogP contribution in [0.2, 0.25) is 25.7 Å². The molecule has 0 amide bonds. The smallest absolute Gasteiger partial charge is 0.423 e. The standard InChI is InChI=1S/C24H32F3N3O5Si/c1-33-20(31)9-10-35-19-13-16-7-5-6-8-17(16)22(19)29-18-14-28-30(15-34-11-12-36(2,3)4)23(32)21(18)24(25,26)27/h5-8,14,19,22,29H,9-13,15H2,1-4H3. The van der Waals surface area contributed by atoms with E-state index in [1.807, 2.05) is 12.1 Å². The number of aromatic nitrogens is 2. The maximum Gasteiger partial charge on any atom is 0.423 e. The van der Waals surface area contributed by atoms with Crippen molar-refractivity contribution in [1.29, 1.82) is 0 Å². The molecule has 1 aliphatic carbocycles. The summed E-state index contributed by atoms with van der Waals surface area (Å²) < 4.78 is 58.7.